The molecule has 0 atom stereocenters. The Kier molecular flexibility index (Phi) is 3.30. The first kappa shape index (κ1) is 13.5. The maximum absolute atomic E-state index is 11.2. The summed E-state index contributed by atoms with van der Waals surface area (Å²) in [6.07, 6.45) is 1.96. The molecule has 0 aromatic carbocycles. The van der Waals surface area contributed by atoms with E-state index < -0.39 is 4.92 Å². The SMILES string of the molecule is Cc1nc(N)nc(N2CCC(C)(C)CC2)c1[N+](=O)[O-]. The Morgan fingerprint density at radius 1 is 1.32 bits per heavy atom. The maximum atomic E-state index is 11.2. The molecule has 2 N–H and O–H groups in total. The quantitative estimate of drug-likeness (QED) is 0.647. The molecule has 1 aliphatic heterocycles. The van der Waals surface area contributed by atoms with Crippen LogP contribution in [0.3, 0.4) is 0 Å². The lowest BCUT2D eigenvalue weighted by atomic mass is 9.83. The molecule has 1 fully saturated rings. The first-order valence-corrected chi connectivity index (χ1v) is 6.34. The number of nitro groups is 1. The largest absolute Gasteiger partial charge is 0.368 e. The third kappa shape index (κ3) is 2.74. The fraction of sp³-hybridized carbons (Fsp3) is 0.667. The second-order valence-corrected chi connectivity index (χ2v) is 5.75. The molecule has 19 heavy (non-hydrogen) atoms. The molecule has 1 aromatic heterocycles. The molecule has 7 heteroatoms. The van der Waals surface area contributed by atoms with E-state index in [1.54, 1.807) is 6.92 Å². The summed E-state index contributed by atoms with van der Waals surface area (Å²) in [5.41, 5.74) is 6.18. The molecule has 0 unspecified atom stereocenters. The van der Waals surface area contributed by atoms with Crippen LogP contribution in [-0.4, -0.2) is 28.0 Å². The number of aromatic nitrogens is 2. The molecule has 0 saturated carbocycles. The molecule has 2 heterocycles. The third-order valence-electron chi connectivity index (χ3n) is 3.66. The van der Waals surface area contributed by atoms with Gasteiger partial charge in [0.2, 0.25) is 11.8 Å². The predicted molar refractivity (Wildman–Crippen MR) is 73.1 cm³/mol. The van der Waals surface area contributed by atoms with Crippen LogP contribution in [0.5, 0.6) is 0 Å². The number of nitrogen functional groups attached to an aromatic ring is 1. The highest BCUT2D eigenvalue weighted by molar-refractivity contribution is 5.62. The van der Waals surface area contributed by atoms with Crippen LogP contribution in [0.15, 0.2) is 0 Å². The Bertz CT molecular complexity index is 505. The minimum atomic E-state index is -0.427. The van der Waals surface area contributed by atoms with Crippen molar-refractivity contribution < 1.29 is 4.92 Å². The van der Waals surface area contributed by atoms with Gasteiger partial charge in [0.1, 0.15) is 5.69 Å². The van der Waals surface area contributed by atoms with Crippen LogP contribution < -0.4 is 10.6 Å². The summed E-state index contributed by atoms with van der Waals surface area (Å²) < 4.78 is 0. The minimum Gasteiger partial charge on any atom is -0.368 e. The van der Waals surface area contributed by atoms with Crippen molar-refractivity contribution in [2.45, 2.75) is 33.6 Å². The number of rotatable bonds is 2. The zero-order valence-corrected chi connectivity index (χ0v) is 11.5. The number of nitrogens with two attached hydrogens (primary N) is 1. The van der Waals surface area contributed by atoms with Gasteiger partial charge >= 0.3 is 5.69 Å². The van der Waals surface area contributed by atoms with Crippen molar-refractivity contribution in [2.24, 2.45) is 5.41 Å². The number of hydrogen-bond donors (Lipinski definition) is 1. The van der Waals surface area contributed by atoms with E-state index in [4.69, 9.17) is 5.73 Å². The Hall–Kier alpha value is -1.92. The molecule has 1 aliphatic rings. The van der Waals surface area contributed by atoms with E-state index in [1.807, 2.05) is 4.90 Å². The van der Waals surface area contributed by atoms with E-state index in [-0.39, 0.29) is 17.1 Å². The van der Waals surface area contributed by atoms with Crippen LogP contribution in [-0.2, 0) is 0 Å². The van der Waals surface area contributed by atoms with Gasteiger partial charge in [0, 0.05) is 13.1 Å². The Morgan fingerprint density at radius 2 is 1.89 bits per heavy atom. The summed E-state index contributed by atoms with van der Waals surface area (Å²) in [5, 5.41) is 11.2. The molecule has 0 spiro atoms. The van der Waals surface area contributed by atoms with Gasteiger partial charge in [-0.15, -0.1) is 0 Å². The first-order chi connectivity index (χ1) is 8.80. The number of nitrogens with zero attached hydrogens (tertiary/aromatic N) is 4. The Morgan fingerprint density at radius 3 is 2.42 bits per heavy atom. The van der Waals surface area contributed by atoms with Gasteiger partial charge in [0.15, 0.2) is 0 Å². The third-order valence-corrected chi connectivity index (χ3v) is 3.66. The van der Waals surface area contributed by atoms with E-state index in [2.05, 4.69) is 23.8 Å². The van der Waals surface area contributed by atoms with E-state index in [0.29, 0.717) is 11.5 Å². The van der Waals surface area contributed by atoms with E-state index >= 15 is 0 Å². The van der Waals surface area contributed by atoms with Gasteiger partial charge in [-0.3, -0.25) is 10.1 Å². The summed E-state index contributed by atoms with van der Waals surface area (Å²) in [5.74, 6) is 0.438. The van der Waals surface area contributed by atoms with Crippen LogP contribution in [0.4, 0.5) is 17.5 Å². The highest BCUT2D eigenvalue weighted by Crippen LogP contribution is 2.35. The van der Waals surface area contributed by atoms with Gasteiger partial charge in [0.25, 0.3) is 0 Å². The van der Waals surface area contributed by atoms with Gasteiger partial charge < -0.3 is 10.6 Å². The van der Waals surface area contributed by atoms with Gasteiger partial charge in [0.05, 0.1) is 4.92 Å². The van der Waals surface area contributed by atoms with E-state index in [1.165, 1.54) is 0 Å². The van der Waals surface area contributed by atoms with Crippen LogP contribution >= 0.6 is 0 Å². The molecule has 7 nitrogen and oxygen atoms in total. The molecular weight excluding hydrogens is 246 g/mol. The summed E-state index contributed by atoms with van der Waals surface area (Å²) in [6.45, 7) is 7.51. The van der Waals surface area contributed by atoms with E-state index in [0.717, 1.165) is 25.9 Å². The zero-order chi connectivity index (χ0) is 14.2. The lowest BCUT2D eigenvalue weighted by molar-refractivity contribution is -0.385. The summed E-state index contributed by atoms with van der Waals surface area (Å²) in [7, 11) is 0. The summed E-state index contributed by atoms with van der Waals surface area (Å²) in [4.78, 5) is 20.6. The van der Waals surface area contributed by atoms with Crippen molar-refractivity contribution in [1.82, 2.24) is 9.97 Å². The normalized spacial score (nSPS) is 18.4. The maximum Gasteiger partial charge on any atom is 0.332 e. The lowest BCUT2D eigenvalue weighted by Gasteiger charge is -2.37. The van der Waals surface area contributed by atoms with Gasteiger partial charge in [-0.25, -0.2) is 4.98 Å². The van der Waals surface area contributed by atoms with Crippen molar-refractivity contribution >= 4 is 17.5 Å². The molecule has 0 radical (unpaired) electrons. The molecule has 104 valence electrons. The molecular formula is C12H19N5O2. The Labute approximate surface area is 112 Å². The molecule has 1 saturated heterocycles. The zero-order valence-electron chi connectivity index (χ0n) is 11.5. The predicted octanol–water partition coefficient (Wildman–Crippen LogP) is 1.90. The highest BCUT2D eigenvalue weighted by atomic mass is 16.6. The minimum absolute atomic E-state index is 0.0334. The van der Waals surface area contributed by atoms with Gasteiger partial charge in [-0.2, -0.15) is 4.98 Å². The number of anilines is 2. The number of hydrogen-bond acceptors (Lipinski definition) is 6. The molecule has 0 amide bonds. The van der Waals surface area contributed by atoms with Crippen LogP contribution in [0.25, 0.3) is 0 Å². The second kappa shape index (κ2) is 4.64. The second-order valence-electron chi connectivity index (χ2n) is 5.75. The van der Waals surface area contributed by atoms with Crippen molar-refractivity contribution in [2.75, 3.05) is 23.7 Å². The number of aryl methyl sites for hydroxylation is 1. The Balaban J connectivity index is 2.37. The standard InChI is InChI=1S/C12H19N5O2/c1-8-9(17(18)19)10(15-11(13)14-8)16-6-4-12(2,3)5-7-16/h4-7H2,1-3H3,(H2,13,14,15). The van der Waals surface area contributed by atoms with Crippen molar-refractivity contribution in [3.63, 3.8) is 0 Å². The molecule has 1 aromatic rings. The smallest absolute Gasteiger partial charge is 0.332 e. The van der Waals surface area contributed by atoms with Crippen LogP contribution in [0, 0.1) is 22.5 Å². The van der Waals surface area contributed by atoms with Crippen molar-refractivity contribution in [3.8, 4) is 0 Å². The van der Waals surface area contributed by atoms with E-state index in [9.17, 15) is 10.1 Å². The lowest BCUT2D eigenvalue weighted by Crippen LogP contribution is -2.38. The summed E-state index contributed by atoms with van der Waals surface area (Å²) >= 11 is 0. The fourth-order valence-corrected chi connectivity index (χ4v) is 2.33. The fourth-order valence-electron chi connectivity index (χ4n) is 2.33. The summed E-state index contributed by atoms with van der Waals surface area (Å²) in [6, 6.07) is 0. The van der Waals surface area contributed by atoms with Crippen LogP contribution in [0.1, 0.15) is 32.4 Å². The van der Waals surface area contributed by atoms with Gasteiger partial charge in [-0.05, 0) is 25.2 Å². The average molecular weight is 265 g/mol. The van der Waals surface area contributed by atoms with Crippen LogP contribution in [0.2, 0.25) is 0 Å². The average Bonchev–Trinajstić information content (AvgIpc) is 2.26. The molecule has 2 rings (SSSR count). The van der Waals surface area contributed by atoms with Crippen molar-refractivity contribution in [3.05, 3.63) is 15.8 Å². The molecule has 0 bridgehead atoms. The topological polar surface area (TPSA) is 98.2 Å². The monoisotopic (exact) mass is 265 g/mol. The first-order valence-electron chi connectivity index (χ1n) is 6.34. The van der Waals surface area contributed by atoms with Crippen molar-refractivity contribution in [1.29, 1.82) is 0 Å². The highest BCUT2D eigenvalue weighted by Gasteiger charge is 2.31. The number of piperidine rings is 1. The molecule has 0 aliphatic carbocycles. The van der Waals surface area contributed by atoms with Gasteiger partial charge in [-0.1, -0.05) is 13.8 Å².